The van der Waals surface area contributed by atoms with Crippen molar-refractivity contribution in [2.75, 3.05) is 13.1 Å². The summed E-state index contributed by atoms with van der Waals surface area (Å²) < 4.78 is 28.3. The highest BCUT2D eigenvalue weighted by molar-refractivity contribution is 7.93. The first kappa shape index (κ1) is 21.9. The minimum Gasteiger partial charge on any atom is -0.393 e. The van der Waals surface area contributed by atoms with Gasteiger partial charge in [0.1, 0.15) is 0 Å². The van der Waals surface area contributed by atoms with Crippen LogP contribution >= 0.6 is 11.6 Å². The van der Waals surface area contributed by atoms with E-state index in [0.29, 0.717) is 48.0 Å². The average Bonchev–Trinajstić information content (AvgIpc) is 3.06. The van der Waals surface area contributed by atoms with Gasteiger partial charge in [0.2, 0.25) is 9.84 Å². The number of sulfone groups is 1. The summed E-state index contributed by atoms with van der Waals surface area (Å²) in [6.45, 7) is 0.847. The molecule has 3 atom stereocenters. The molecule has 5 rings (SSSR count). The first-order valence-electron chi connectivity index (χ1n) is 11.2. The summed E-state index contributed by atoms with van der Waals surface area (Å²) >= 11 is 6.33. The molecule has 3 heterocycles. The summed E-state index contributed by atoms with van der Waals surface area (Å²) in [5, 5.41) is 17.9. The molecule has 0 aliphatic carbocycles. The zero-order valence-corrected chi connectivity index (χ0v) is 19.3. The van der Waals surface area contributed by atoms with Gasteiger partial charge in [-0.2, -0.15) is 0 Å². The van der Waals surface area contributed by atoms with E-state index < -0.39 is 20.8 Å². The van der Waals surface area contributed by atoms with E-state index in [9.17, 15) is 18.3 Å². The molecule has 0 saturated carbocycles. The molecule has 32 heavy (non-hydrogen) atoms. The minimum absolute atomic E-state index is 0.0450. The molecular formula is C23H28ClN3O4S. The SMILES string of the molecule is O=C(N[C@]1(S(=O)(=O)c2ccc(Cl)c3ccccc23)CCCNC1)N1C2CCC1CC(O)C2. The molecule has 2 unspecified atom stereocenters. The number of aliphatic hydroxyl groups is 1. The number of hydrogen-bond donors (Lipinski definition) is 3. The molecule has 2 aromatic carbocycles. The fourth-order valence-electron chi connectivity index (χ4n) is 5.70. The van der Waals surface area contributed by atoms with E-state index >= 15 is 0 Å². The zero-order valence-electron chi connectivity index (χ0n) is 17.8. The van der Waals surface area contributed by atoms with Crippen LogP contribution in [0.3, 0.4) is 0 Å². The smallest absolute Gasteiger partial charge is 0.319 e. The highest BCUT2D eigenvalue weighted by Gasteiger charge is 2.50. The lowest BCUT2D eigenvalue weighted by Crippen LogP contribution is -2.65. The highest BCUT2D eigenvalue weighted by atomic mass is 35.5. The number of fused-ring (bicyclic) bond motifs is 3. The molecule has 2 aromatic rings. The Labute approximate surface area is 193 Å². The van der Waals surface area contributed by atoms with E-state index in [1.54, 1.807) is 35.2 Å². The Kier molecular flexibility index (Phi) is 5.60. The van der Waals surface area contributed by atoms with Crippen LogP contribution in [0.2, 0.25) is 5.02 Å². The van der Waals surface area contributed by atoms with Gasteiger partial charge in [-0.05, 0) is 57.2 Å². The second-order valence-electron chi connectivity index (χ2n) is 9.22. The van der Waals surface area contributed by atoms with Crippen molar-refractivity contribution < 1.29 is 18.3 Å². The molecule has 172 valence electrons. The number of urea groups is 1. The first-order valence-corrected chi connectivity index (χ1v) is 13.1. The summed E-state index contributed by atoms with van der Waals surface area (Å²) in [5.41, 5.74) is 0. The normalized spacial score (nSPS) is 30.4. The van der Waals surface area contributed by atoms with Crippen LogP contribution < -0.4 is 10.6 Å². The number of halogens is 1. The number of nitrogens with one attached hydrogen (secondary N) is 2. The van der Waals surface area contributed by atoms with Crippen molar-refractivity contribution in [2.24, 2.45) is 0 Å². The second-order valence-corrected chi connectivity index (χ2v) is 11.9. The number of carbonyl (C=O) groups is 1. The van der Waals surface area contributed by atoms with E-state index in [2.05, 4.69) is 10.6 Å². The third-order valence-corrected chi connectivity index (χ3v) is 10.0. The summed E-state index contributed by atoms with van der Waals surface area (Å²) in [4.78, 5) is 14.0. The fourth-order valence-corrected chi connectivity index (χ4v) is 7.99. The molecule has 2 amide bonds. The average molecular weight is 478 g/mol. The first-order chi connectivity index (χ1) is 15.3. The molecule has 3 fully saturated rings. The van der Waals surface area contributed by atoms with E-state index in [0.717, 1.165) is 12.8 Å². The van der Waals surface area contributed by atoms with Crippen LogP contribution in [0.5, 0.6) is 0 Å². The lowest BCUT2D eigenvalue weighted by molar-refractivity contribution is 0.0525. The van der Waals surface area contributed by atoms with E-state index in [4.69, 9.17) is 11.6 Å². The molecular weight excluding hydrogens is 450 g/mol. The predicted octanol–water partition coefficient (Wildman–Crippen LogP) is 3.04. The summed E-state index contributed by atoms with van der Waals surface area (Å²) in [7, 11) is -3.96. The van der Waals surface area contributed by atoms with Gasteiger partial charge < -0.3 is 20.6 Å². The Morgan fingerprint density at radius 1 is 1.12 bits per heavy atom. The maximum absolute atomic E-state index is 14.1. The van der Waals surface area contributed by atoms with Gasteiger partial charge in [0, 0.05) is 34.4 Å². The molecule has 0 aromatic heterocycles. The third kappa shape index (κ3) is 3.48. The number of carbonyl (C=O) groups excluding carboxylic acids is 1. The van der Waals surface area contributed by atoms with Crippen LogP contribution in [0.25, 0.3) is 10.8 Å². The van der Waals surface area contributed by atoms with E-state index in [1.807, 2.05) is 6.07 Å². The van der Waals surface area contributed by atoms with Gasteiger partial charge in [0.25, 0.3) is 0 Å². The van der Waals surface area contributed by atoms with Gasteiger partial charge >= 0.3 is 6.03 Å². The van der Waals surface area contributed by atoms with Crippen molar-refractivity contribution in [3.8, 4) is 0 Å². The molecule has 2 bridgehead atoms. The molecule has 9 heteroatoms. The molecule has 0 spiro atoms. The van der Waals surface area contributed by atoms with Crippen LogP contribution in [0, 0.1) is 0 Å². The van der Waals surface area contributed by atoms with Gasteiger partial charge in [-0.25, -0.2) is 13.2 Å². The summed E-state index contributed by atoms with van der Waals surface area (Å²) in [6, 6.07) is 9.88. The van der Waals surface area contributed by atoms with Gasteiger partial charge in [-0.3, -0.25) is 0 Å². The maximum Gasteiger partial charge on any atom is 0.319 e. The Morgan fingerprint density at radius 3 is 2.47 bits per heavy atom. The van der Waals surface area contributed by atoms with Crippen molar-refractivity contribution in [3.63, 3.8) is 0 Å². The molecule has 7 nitrogen and oxygen atoms in total. The van der Waals surface area contributed by atoms with Crippen molar-refractivity contribution >= 4 is 38.2 Å². The fraction of sp³-hybridized carbons (Fsp3) is 0.522. The summed E-state index contributed by atoms with van der Waals surface area (Å²) in [6.07, 6.45) is 3.34. The largest absolute Gasteiger partial charge is 0.393 e. The van der Waals surface area contributed by atoms with Crippen LogP contribution in [0.4, 0.5) is 4.79 Å². The van der Waals surface area contributed by atoms with Crippen LogP contribution in [0.15, 0.2) is 41.3 Å². The van der Waals surface area contributed by atoms with Crippen molar-refractivity contribution in [1.29, 1.82) is 0 Å². The third-order valence-electron chi connectivity index (χ3n) is 7.26. The van der Waals surface area contributed by atoms with E-state index in [1.165, 1.54) is 0 Å². The predicted molar refractivity (Wildman–Crippen MR) is 123 cm³/mol. The Morgan fingerprint density at radius 2 is 1.81 bits per heavy atom. The number of aliphatic hydroxyl groups excluding tert-OH is 1. The topological polar surface area (TPSA) is 98.7 Å². The van der Waals surface area contributed by atoms with Crippen LogP contribution in [-0.2, 0) is 9.84 Å². The Balaban J connectivity index is 1.54. The number of piperidine rings is 2. The van der Waals surface area contributed by atoms with Gasteiger partial charge in [0.15, 0.2) is 4.87 Å². The highest BCUT2D eigenvalue weighted by Crippen LogP contribution is 2.39. The van der Waals surface area contributed by atoms with E-state index in [-0.39, 0.29) is 29.6 Å². The lowest BCUT2D eigenvalue weighted by atomic mass is 10.0. The molecule has 3 N–H and O–H groups in total. The molecule has 3 aliphatic heterocycles. The van der Waals surface area contributed by atoms with Gasteiger partial charge in [-0.1, -0.05) is 35.9 Å². The zero-order chi connectivity index (χ0) is 22.5. The number of hydrogen-bond acceptors (Lipinski definition) is 5. The molecule has 3 saturated heterocycles. The minimum atomic E-state index is -3.96. The number of benzene rings is 2. The number of rotatable bonds is 3. The van der Waals surface area contributed by atoms with Crippen molar-refractivity contribution in [3.05, 3.63) is 41.4 Å². The van der Waals surface area contributed by atoms with Crippen molar-refractivity contribution in [2.45, 2.75) is 66.5 Å². The van der Waals surface area contributed by atoms with Gasteiger partial charge in [0.05, 0.1) is 11.0 Å². The maximum atomic E-state index is 14.1. The number of amides is 2. The molecule has 0 radical (unpaired) electrons. The van der Waals surface area contributed by atoms with Crippen LogP contribution in [-0.4, -0.2) is 60.6 Å². The van der Waals surface area contributed by atoms with Gasteiger partial charge in [-0.15, -0.1) is 0 Å². The lowest BCUT2D eigenvalue weighted by Gasteiger charge is -2.42. The summed E-state index contributed by atoms with van der Waals surface area (Å²) in [5.74, 6) is 0. The standard InChI is InChI=1S/C23H28ClN3O4S/c24-20-8-9-21(19-5-2-1-4-18(19)20)32(30,31)23(10-3-11-25-14-23)26-22(29)27-15-6-7-16(27)13-17(28)12-15/h1-2,4-5,8-9,15-17,25,28H,3,6-7,10-14H2,(H,26,29)/t15?,16?,17?,23-/m0/s1. The van der Waals surface area contributed by atoms with Crippen LogP contribution in [0.1, 0.15) is 38.5 Å². The number of nitrogens with zero attached hydrogens (tertiary/aromatic N) is 1. The quantitative estimate of drug-likeness (QED) is 0.631. The second kappa shape index (κ2) is 8.17. The molecule has 3 aliphatic rings. The monoisotopic (exact) mass is 477 g/mol. The Hall–Kier alpha value is -1.87. The Bertz CT molecular complexity index is 1140. The van der Waals surface area contributed by atoms with Crippen molar-refractivity contribution in [1.82, 2.24) is 15.5 Å².